The minimum atomic E-state index is -0.134. The maximum Gasteiger partial charge on any atom is 0.317 e. The van der Waals surface area contributed by atoms with Crippen LogP contribution in [0.1, 0.15) is 17.0 Å². The first-order chi connectivity index (χ1) is 9.34. The summed E-state index contributed by atoms with van der Waals surface area (Å²) in [6.45, 7) is 0.634. The number of carbonyl (C=O) groups is 1. The Bertz CT molecular complexity index is 665. The van der Waals surface area contributed by atoms with E-state index in [-0.39, 0.29) is 17.8 Å². The van der Waals surface area contributed by atoms with E-state index in [0.29, 0.717) is 12.3 Å². The van der Waals surface area contributed by atoms with Crippen molar-refractivity contribution >= 4 is 11.7 Å². The van der Waals surface area contributed by atoms with Crippen LogP contribution in [0.25, 0.3) is 0 Å². The van der Waals surface area contributed by atoms with Gasteiger partial charge in [-0.25, -0.2) is 0 Å². The van der Waals surface area contributed by atoms with Crippen LogP contribution in [0.4, 0.5) is 5.69 Å². The van der Waals surface area contributed by atoms with Gasteiger partial charge >= 0.3 is 5.97 Å². The normalized spacial score (nSPS) is 23.5. The summed E-state index contributed by atoms with van der Waals surface area (Å²) in [6.07, 6.45) is 0. The maximum absolute atomic E-state index is 12.1. The highest BCUT2D eigenvalue weighted by Crippen LogP contribution is 2.46. The number of rotatable bonds is 0. The molecule has 0 saturated carbocycles. The number of hydrogen-bond donors (Lipinski definition) is 1. The fraction of sp³-hybridized carbons (Fsp3) is 0.188. The van der Waals surface area contributed by atoms with Gasteiger partial charge in [0.05, 0.1) is 5.92 Å². The Morgan fingerprint density at radius 3 is 2.63 bits per heavy atom. The van der Waals surface area contributed by atoms with Gasteiger partial charge in [-0.05, 0) is 17.7 Å². The van der Waals surface area contributed by atoms with Crippen molar-refractivity contribution in [2.75, 3.05) is 11.9 Å². The highest BCUT2D eigenvalue weighted by atomic mass is 16.5. The second kappa shape index (κ2) is 3.85. The molecule has 3 nitrogen and oxygen atoms in total. The molecule has 0 amide bonds. The number of esters is 1. The van der Waals surface area contributed by atoms with Crippen LogP contribution in [0, 0.1) is 5.92 Å². The van der Waals surface area contributed by atoms with Gasteiger partial charge in [-0.3, -0.25) is 4.79 Å². The Morgan fingerprint density at radius 2 is 1.74 bits per heavy atom. The summed E-state index contributed by atoms with van der Waals surface area (Å²) in [4.78, 5) is 12.1. The lowest BCUT2D eigenvalue weighted by molar-refractivity contribution is -0.140. The lowest BCUT2D eigenvalue weighted by atomic mass is 9.76. The van der Waals surface area contributed by atoms with Crippen LogP contribution in [0.15, 0.2) is 48.5 Å². The van der Waals surface area contributed by atoms with Crippen molar-refractivity contribution < 1.29 is 9.53 Å². The summed E-state index contributed by atoms with van der Waals surface area (Å²) >= 11 is 0. The highest BCUT2D eigenvalue weighted by molar-refractivity contribution is 5.83. The van der Waals surface area contributed by atoms with Gasteiger partial charge < -0.3 is 10.1 Å². The molecule has 3 heteroatoms. The van der Waals surface area contributed by atoms with Gasteiger partial charge in [0.15, 0.2) is 0 Å². The van der Waals surface area contributed by atoms with E-state index in [9.17, 15) is 4.79 Å². The third-order valence-corrected chi connectivity index (χ3v) is 3.98. The molecule has 2 unspecified atom stereocenters. The summed E-state index contributed by atoms with van der Waals surface area (Å²) in [6, 6.07) is 16.0. The molecule has 19 heavy (non-hydrogen) atoms. The number of para-hydroxylation sites is 2. The molecule has 2 aromatic rings. The monoisotopic (exact) mass is 251 g/mol. The topological polar surface area (TPSA) is 38.3 Å². The van der Waals surface area contributed by atoms with E-state index < -0.39 is 0 Å². The largest absolute Gasteiger partial charge is 0.426 e. The molecule has 0 aromatic heterocycles. The molecular formula is C16H13NO2. The van der Waals surface area contributed by atoms with Gasteiger partial charge in [-0.1, -0.05) is 36.4 Å². The van der Waals surface area contributed by atoms with Gasteiger partial charge in [0, 0.05) is 23.7 Å². The van der Waals surface area contributed by atoms with E-state index in [1.165, 1.54) is 5.56 Å². The number of ether oxygens (including phenoxy) is 1. The summed E-state index contributed by atoms with van der Waals surface area (Å²) in [5, 5.41) is 3.32. The first kappa shape index (κ1) is 10.6. The standard InChI is InChI=1S/C16H13NO2/c18-16-12-9-17-13-7-3-1-5-10(13)15(12)11-6-2-4-8-14(11)19-16/h1-8,12,15,17H,9H2. The zero-order valence-electron chi connectivity index (χ0n) is 10.3. The van der Waals surface area contributed by atoms with Crippen molar-refractivity contribution in [3.05, 3.63) is 59.7 Å². The Labute approximate surface area is 111 Å². The molecule has 4 rings (SSSR count). The molecule has 94 valence electrons. The number of nitrogens with one attached hydrogen (secondary N) is 1. The minimum absolute atomic E-state index is 0.106. The second-order valence-corrected chi connectivity index (χ2v) is 5.01. The number of fused-ring (bicyclic) bond motifs is 5. The second-order valence-electron chi connectivity index (χ2n) is 5.01. The Hall–Kier alpha value is -2.29. The Kier molecular flexibility index (Phi) is 2.15. The Balaban J connectivity index is 1.95. The molecule has 0 fully saturated rings. The Morgan fingerprint density at radius 1 is 1.00 bits per heavy atom. The number of hydrogen-bond acceptors (Lipinski definition) is 3. The number of carbonyl (C=O) groups excluding carboxylic acids is 1. The molecule has 2 aromatic carbocycles. The van der Waals surface area contributed by atoms with Gasteiger partial charge in [0.1, 0.15) is 5.75 Å². The molecule has 2 aliphatic rings. The first-order valence-corrected chi connectivity index (χ1v) is 6.48. The SMILES string of the molecule is O=C1Oc2ccccc2C2c3ccccc3NCC12. The molecule has 2 atom stereocenters. The van der Waals surface area contributed by atoms with Crippen LogP contribution in [0.3, 0.4) is 0 Å². The summed E-state index contributed by atoms with van der Waals surface area (Å²) in [7, 11) is 0. The zero-order chi connectivity index (χ0) is 12.8. The zero-order valence-corrected chi connectivity index (χ0v) is 10.3. The van der Waals surface area contributed by atoms with E-state index in [1.807, 2.05) is 30.3 Å². The number of anilines is 1. The van der Waals surface area contributed by atoms with Gasteiger partial charge in [-0.15, -0.1) is 0 Å². The maximum atomic E-state index is 12.1. The molecule has 0 spiro atoms. The van der Waals surface area contributed by atoms with Crippen LogP contribution >= 0.6 is 0 Å². The first-order valence-electron chi connectivity index (χ1n) is 6.48. The van der Waals surface area contributed by atoms with Crippen LogP contribution in [0.2, 0.25) is 0 Å². The fourth-order valence-electron chi connectivity index (χ4n) is 3.10. The van der Waals surface area contributed by atoms with Crippen LogP contribution < -0.4 is 10.1 Å². The fourth-order valence-corrected chi connectivity index (χ4v) is 3.10. The van der Waals surface area contributed by atoms with Crippen molar-refractivity contribution in [2.24, 2.45) is 5.92 Å². The third kappa shape index (κ3) is 1.48. The van der Waals surface area contributed by atoms with Gasteiger partial charge in [0.25, 0.3) is 0 Å². The third-order valence-electron chi connectivity index (χ3n) is 3.98. The lowest BCUT2D eigenvalue weighted by Crippen LogP contribution is -2.39. The summed E-state index contributed by atoms with van der Waals surface area (Å²) in [5.74, 6) is 0.538. The lowest BCUT2D eigenvalue weighted by Gasteiger charge is -2.37. The molecule has 1 N–H and O–H groups in total. The molecule has 0 aliphatic carbocycles. The predicted octanol–water partition coefficient (Wildman–Crippen LogP) is 2.78. The van der Waals surface area contributed by atoms with Crippen molar-refractivity contribution in [3.63, 3.8) is 0 Å². The summed E-state index contributed by atoms with van der Waals surface area (Å²) in [5.41, 5.74) is 3.41. The quantitative estimate of drug-likeness (QED) is 0.578. The average molecular weight is 251 g/mol. The molecule has 0 radical (unpaired) electrons. The molecule has 2 aliphatic heterocycles. The van der Waals surface area contributed by atoms with Crippen LogP contribution in [-0.4, -0.2) is 12.5 Å². The molecular weight excluding hydrogens is 238 g/mol. The van der Waals surface area contributed by atoms with E-state index >= 15 is 0 Å². The van der Waals surface area contributed by atoms with Gasteiger partial charge in [0.2, 0.25) is 0 Å². The van der Waals surface area contributed by atoms with Gasteiger partial charge in [-0.2, -0.15) is 0 Å². The van der Waals surface area contributed by atoms with Crippen molar-refractivity contribution in [1.29, 1.82) is 0 Å². The predicted molar refractivity (Wildman–Crippen MR) is 72.3 cm³/mol. The number of benzene rings is 2. The molecule has 2 heterocycles. The van der Waals surface area contributed by atoms with Crippen LogP contribution in [-0.2, 0) is 4.79 Å². The highest BCUT2D eigenvalue weighted by Gasteiger charge is 2.41. The van der Waals surface area contributed by atoms with E-state index in [2.05, 4.69) is 23.5 Å². The van der Waals surface area contributed by atoms with Crippen molar-refractivity contribution in [1.82, 2.24) is 0 Å². The molecule has 0 saturated heterocycles. The summed E-state index contributed by atoms with van der Waals surface area (Å²) < 4.78 is 5.44. The van der Waals surface area contributed by atoms with Crippen LogP contribution in [0.5, 0.6) is 5.75 Å². The van der Waals surface area contributed by atoms with E-state index in [1.54, 1.807) is 0 Å². The average Bonchev–Trinajstić information content (AvgIpc) is 2.47. The van der Waals surface area contributed by atoms with Crippen molar-refractivity contribution in [2.45, 2.75) is 5.92 Å². The minimum Gasteiger partial charge on any atom is -0.426 e. The van der Waals surface area contributed by atoms with Crippen molar-refractivity contribution in [3.8, 4) is 5.75 Å². The van der Waals surface area contributed by atoms with E-state index in [0.717, 1.165) is 11.3 Å². The van der Waals surface area contributed by atoms with E-state index in [4.69, 9.17) is 4.74 Å². The molecule has 0 bridgehead atoms. The smallest absolute Gasteiger partial charge is 0.317 e.